The molecule has 0 amide bonds. The third-order valence-electron chi connectivity index (χ3n) is 3.87. The van der Waals surface area contributed by atoms with E-state index in [1.54, 1.807) is 6.07 Å². The van der Waals surface area contributed by atoms with Crippen molar-refractivity contribution in [1.82, 2.24) is 9.71 Å². The molecule has 5 nitrogen and oxygen atoms in total. The lowest BCUT2D eigenvalue weighted by molar-refractivity contribution is 0.442. The van der Waals surface area contributed by atoms with E-state index in [0.717, 1.165) is 27.6 Å². The molecule has 22 heavy (non-hydrogen) atoms. The van der Waals surface area contributed by atoms with E-state index >= 15 is 0 Å². The summed E-state index contributed by atoms with van der Waals surface area (Å²) in [4.78, 5) is 3.18. The quantitative estimate of drug-likeness (QED) is 0.725. The minimum Gasteiger partial charge on any atom is -0.371 e. The standard InChI is InChI=1S/C16H14N2O3S/c1-10-6-7-12-15(8-10)21-22(19,20)18-16(12)13-9-17-14-5-3-2-4-11(13)14/h2-9,16-18H,1H3. The van der Waals surface area contributed by atoms with E-state index < -0.39 is 16.3 Å². The number of para-hydroxylation sites is 1. The molecule has 2 N–H and O–H groups in total. The predicted octanol–water partition coefficient (Wildman–Crippen LogP) is 2.79. The second kappa shape index (κ2) is 4.59. The molecule has 0 aliphatic carbocycles. The number of aromatic nitrogens is 1. The summed E-state index contributed by atoms with van der Waals surface area (Å²) in [5, 5.41) is 0.989. The van der Waals surface area contributed by atoms with E-state index in [2.05, 4.69) is 9.71 Å². The van der Waals surface area contributed by atoms with Crippen LogP contribution in [0.1, 0.15) is 22.7 Å². The third-order valence-corrected chi connectivity index (χ3v) is 4.80. The van der Waals surface area contributed by atoms with Crippen LogP contribution >= 0.6 is 0 Å². The van der Waals surface area contributed by atoms with Crippen LogP contribution in [0.25, 0.3) is 10.9 Å². The molecule has 1 unspecified atom stereocenters. The molecule has 2 aromatic carbocycles. The second-order valence-corrected chi connectivity index (χ2v) is 6.73. The van der Waals surface area contributed by atoms with Crippen LogP contribution < -0.4 is 8.91 Å². The van der Waals surface area contributed by atoms with Gasteiger partial charge in [0.25, 0.3) is 0 Å². The first-order valence-electron chi connectivity index (χ1n) is 6.92. The van der Waals surface area contributed by atoms with Gasteiger partial charge in [0, 0.05) is 28.2 Å². The molecule has 6 heteroatoms. The summed E-state index contributed by atoms with van der Waals surface area (Å²) in [6.45, 7) is 1.90. The summed E-state index contributed by atoms with van der Waals surface area (Å²) in [5.74, 6) is 0.383. The summed E-state index contributed by atoms with van der Waals surface area (Å²) < 4.78 is 31.7. The molecule has 4 rings (SSSR count). The van der Waals surface area contributed by atoms with Crippen LogP contribution in [0.2, 0.25) is 0 Å². The van der Waals surface area contributed by atoms with Gasteiger partial charge < -0.3 is 9.17 Å². The highest BCUT2D eigenvalue weighted by molar-refractivity contribution is 7.85. The zero-order valence-corrected chi connectivity index (χ0v) is 12.6. The van der Waals surface area contributed by atoms with Gasteiger partial charge in [-0.1, -0.05) is 30.3 Å². The van der Waals surface area contributed by atoms with Crippen LogP contribution in [0.15, 0.2) is 48.7 Å². The number of H-pyrrole nitrogens is 1. The van der Waals surface area contributed by atoms with Crippen molar-refractivity contribution in [3.63, 3.8) is 0 Å². The highest BCUT2D eigenvalue weighted by Crippen LogP contribution is 2.38. The molecule has 0 bridgehead atoms. The maximum atomic E-state index is 12.0. The van der Waals surface area contributed by atoms with Crippen LogP contribution in [-0.4, -0.2) is 13.4 Å². The number of hydrogen-bond donors (Lipinski definition) is 2. The molecule has 0 spiro atoms. The fourth-order valence-electron chi connectivity index (χ4n) is 2.87. The van der Waals surface area contributed by atoms with E-state index in [1.807, 2.05) is 49.5 Å². The number of aryl methyl sites for hydroxylation is 1. The Labute approximate surface area is 128 Å². The van der Waals surface area contributed by atoms with Crippen LogP contribution in [-0.2, 0) is 10.3 Å². The van der Waals surface area contributed by atoms with Crippen LogP contribution in [0.5, 0.6) is 5.75 Å². The van der Waals surface area contributed by atoms with Crippen molar-refractivity contribution >= 4 is 21.2 Å². The Bertz CT molecular complexity index is 976. The molecule has 0 saturated heterocycles. The summed E-state index contributed by atoms with van der Waals surface area (Å²) in [6.07, 6.45) is 1.84. The SMILES string of the molecule is Cc1ccc2c(c1)OS(=O)(=O)NC2c1c[nH]c2ccccc12. The van der Waals surface area contributed by atoms with E-state index in [9.17, 15) is 8.42 Å². The third kappa shape index (κ3) is 2.08. The molecular formula is C16H14N2O3S. The van der Waals surface area contributed by atoms with Gasteiger partial charge in [-0.25, -0.2) is 0 Å². The molecule has 2 heterocycles. The van der Waals surface area contributed by atoms with Gasteiger partial charge in [-0.15, -0.1) is 0 Å². The average molecular weight is 314 g/mol. The Morgan fingerprint density at radius 3 is 2.77 bits per heavy atom. The van der Waals surface area contributed by atoms with Crippen molar-refractivity contribution in [2.45, 2.75) is 13.0 Å². The summed E-state index contributed by atoms with van der Waals surface area (Å²) >= 11 is 0. The summed E-state index contributed by atoms with van der Waals surface area (Å²) in [5.41, 5.74) is 3.61. The van der Waals surface area contributed by atoms with Gasteiger partial charge in [0.15, 0.2) is 0 Å². The maximum absolute atomic E-state index is 12.0. The summed E-state index contributed by atoms with van der Waals surface area (Å²) in [7, 11) is -3.82. The second-order valence-electron chi connectivity index (χ2n) is 5.42. The van der Waals surface area contributed by atoms with Crippen LogP contribution in [0, 0.1) is 6.92 Å². The minimum atomic E-state index is -3.82. The number of benzene rings is 2. The van der Waals surface area contributed by atoms with E-state index in [4.69, 9.17) is 4.18 Å². The Hall–Kier alpha value is -2.31. The zero-order chi connectivity index (χ0) is 15.3. The topological polar surface area (TPSA) is 71.2 Å². The Kier molecular flexibility index (Phi) is 2.79. The molecule has 112 valence electrons. The van der Waals surface area contributed by atoms with Crippen LogP contribution in [0.3, 0.4) is 0 Å². The van der Waals surface area contributed by atoms with Gasteiger partial charge in [-0.3, -0.25) is 0 Å². The largest absolute Gasteiger partial charge is 0.383 e. The molecule has 0 radical (unpaired) electrons. The molecule has 0 saturated carbocycles. The zero-order valence-electron chi connectivity index (χ0n) is 11.8. The lowest BCUT2D eigenvalue weighted by Gasteiger charge is -2.26. The molecule has 3 aromatic rings. The first-order valence-corrected chi connectivity index (χ1v) is 8.33. The molecule has 1 aliphatic heterocycles. The highest BCUT2D eigenvalue weighted by Gasteiger charge is 2.32. The number of nitrogens with one attached hydrogen (secondary N) is 2. The molecule has 1 aliphatic rings. The monoisotopic (exact) mass is 314 g/mol. The predicted molar refractivity (Wildman–Crippen MR) is 84.0 cm³/mol. The van der Waals surface area contributed by atoms with E-state index in [0.29, 0.717) is 5.75 Å². The Morgan fingerprint density at radius 2 is 1.91 bits per heavy atom. The van der Waals surface area contributed by atoms with Gasteiger partial charge in [0.05, 0.1) is 6.04 Å². The average Bonchev–Trinajstić information content (AvgIpc) is 2.88. The van der Waals surface area contributed by atoms with Crippen molar-refractivity contribution in [3.05, 3.63) is 65.4 Å². The number of hydrogen-bond acceptors (Lipinski definition) is 3. The van der Waals surface area contributed by atoms with Crippen molar-refractivity contribution in [3.8, 4) is 5.75 Å². The highest BCUT2D eigenvalue weighted by atomic mass is 32.2. The number of aromatic amines is 1. The van der Waals surface area contributed by atoms with Gasteiger partial charge >= 0.3 is 10.3 Å². The first kappa shape index (κ1) is 13.4. The fraction of sp³-hybridized carbons (Fsp3) is 0.125. The normalized spacial score (nSPS) is 19.6. The van der Waals surface area contributed by atoms with Gasteiger partial charge in [0.2, 0.25) is 0 Å². The Morgan fingerprint density at radius 1 is 1.09 bits per heavy atom. The van der Waals surface area contributed by atoms with Crippen LogP contribution in [0.4, 0.5) is 0 Å². The number of fused-ring (bicyclic) bond motifs is 2. The molecule has 1 aromatic heterocycles. The Balaban J connectivity index is 1.95. The first-order chi connectivity index (χ1) is 10.5. The lowest BCUT2D eigenvalue weighted by atomic mass is 9.97. The van der Waals surface area contributed by atoms with Gasteiger partial charge in [0.1, 0.15) is 5.75 Å². The maximum Gasteiger partial charge on any atom is 0.383 e. The van der Waals surface area contributed by atoms with Crippen molar-refractivity contribution in [1.29, 1.82) is 0 Å². The number of rotatable bonds is 1. The van der Waals surface area contributed by atoms with Gasteiger partial charge in [-0.2, -0.15) is 13.1 Å². The minimum absolute atomic E-state index is 0.383. The summed E-state index contributed by atoms with van der Waals surface area (Å²) in [6, 6.07) is 12.9. The van der Waals surface area contributed by atoms with Crippen molar-refractivity contribution in [2.75, 3.05) is 0 Å². The van der Waals surface area contributed by atoms with Crippen molar-refractivity contribution < 1.29 is 12.6 Å². The molecule has 0 fully saturated rings. The van der Waals surface area contributed by atoms with E-state index in [-0.39, 0.29) is 0 Å². The molecule has 1 atom stereocenters. The van der Waals surface area contributed by atoms with Gasteiger partial charge in [-0.05, 0) is 24.6 Å². The molecular weight excluding hydrogens is 300 g/mol. The fourth-order valence-corrected chi connectivity index (χ4v) is 3.84. The van der Waals surface area contributed by atoms with E-state index in [1.165, 1.54) is 0 Å². The van der Waals surface area contributed by atoms with Crippen molar-refractivity contribution in [2.24, 2.45) is 0 Å². The smallest absolute Gasteiger partial charge is 0.371 e. The lowest BCUT2D eigenvalue weighted by Crippen LogP contribution is -2.37.